The van der Waals surface area contributed by atoms with E-state index >= 15 is 0 Å². The van der Waals surface area contributed by atoms with Crippen LogP contribution in [0.2, 0.25) is 0 Å². The van der Waals surface area contributed by atoms with Crippen molar-refractivity contribution in [1.82, 2.24) is 10.2 Å². The number of hydrogen-bond donors (Lipinski definition) is 2. The Hall–Kier alpha value is -1.97. The van der Waals surface area contributed by atoms with E-state index in [9.17, 15) is 9.59 Å². The molecule has 1 aromatic carbocycles. The third-order valence-electron chi connectivity index (χ3n) is 3.39. The van der Waals surface area contributed by atoms with E-state index < -0.39 is 12.0 Å². The van der Waals surface area contributed by atoms with Gasteiger partial charge in [0.2, 0.25) is 11.0 Å². The van der Waals surface area contributed by atoms with Crippen molar-refractivity contribution >= 4 is 40.1 Å². The molecule has 134 valence electrons. The molecular formula is C16H20N4O3S2. The Bertz CT molecular complexity index is 708. The molecule has 1 heterocycles. The largest absolute Gasteiger partial charge is 0.465 e. The van der Waals surface area contributed by atoms with Crippen LogP contribution in [0, 0.1) is 5.92 Å². The Labute approximate surface area is 154 Å². The molecule has 1 amide bonds. The predicted octanol–water partition coefficient (Wildman–Crippen LogP) is 2.47. The quantitative estimate of drug-likeness (QED) is 0.411. The first-order valence-electron chi connectivity index (χ1n) is 7.74. The highest BCUT2D eigenvalue weighted by Gasteiger charge is 2.23. The maximum absolute atomic E-state index is 12.4. The number of hydrogen-bond acceptors (Lipinski definition) is 8. The Morgan fingerprint density at radius 3 is 2.72 bits per heavy atom. The molecule has 3 N–H and O–H groups in total. The first-order chi connectivity index (χ1) is 12.0. The molecule has 7 nitrogen and oxygen atoms in total. The van der Waals surface area contributed by atoms with Crippen molar-refractivity contribution in [2.24, 2.45) is 11.7 Å². The van der Waals surface area contributed by atoms with Gasteiger partial charge >= 0.3 is 5.97 Å². The molecule has 0 bridgehead atoms. The standard InChI is InChI=1S/C16H20N4O3S2/c1-3-23-12(21)9-24-16-20-19-15(25-16)18-14(22)10(2)13(17)11-7-5-4-6-8-11/h4-8,10,13H,3,9,17H2,1-2H3,(H,18,19,22). The number of rotatable bonds is 8. The van der Waals surface area contributed by atoms with Gasteiger partial charge in [-0.05, 0) is 12.5 Å². The molecule has 0 aliphatic rings. The second-order valence-electron chi connectivity index (χ2n) is 5.18. The topological polar surface area (TPSA) is 107 Å². The maximum Gasteiger partial charge on any atom is 0.316 e. The van der Waals surface area contributed by atoms with Gasteiger partial charge in [-0.25, -0.2) is 0 Å². The molecule has 2 unspecified atom stereocenters. The Morgan fingerprint density at radius 1 is 1.32 bits per heavy atom. The average Bonchev–Trinajstić information content (AvgIpc) is 3.07. The van der Waals surface area contributed by atoms with E-state index in [0.29, 0.717) is 16.1 Å². The Balaban J connectivity index is 1.89. The molecule has 0 aliphatic heterocycles. The van der Waals surface area contributed by atoms with Crippen molar-refractivity contribution in [3.63, 3.8) is 0 Å². The number of amides is 1. The molecule has 0 saturated carbocycles. The molecule has 0 spiro atoms. The summed E-state index contributed by atoms with van der Waals surface area (Å²) in [5, 5.41) is 11.0. The number of benzene rings is 1. The minimum Gasteiger partial charge on any atom is -0.465 e. The van der Waals surface area contributed by atoms with Crippen LogP contribution in [0.4, 0.5) is 5.13 Å². The lowest BCUT2D eigenvalue weighted by Crippen LogP contribution is -2.30. The summed E-state index contributed by atoms with van der Waals surface area (Å²) in [6.45, 7) is 3.86. The van der Waals surface area contributed by atoms with E-state index in [1.165, 1.54) is 23.1 Å². The number of anilines is 1. The number of nitrogens with zero attached hydrogens (tertiary/aromatic N) is 2. The Kier molecular flexibility index (Phi) is 7.35. The molecule has 0 aliphatic carbocycles. The highest BCUT2D eigenvalue weighted by atomic mass is 32.2. The first-order valence-corrected chi connectivity index (χ1v) is 9.54. The first kappa shape index (κ1) is 19.4. The lowest BCUT2D eigenvalue weighted by molar-refractivity contribution is -0.139. The second-order valence-corrected chi connectivity index (χ2v) is 7.38. The number of nitrogens with one attached hydrogen (secondary N) is 1. The molecule has 0 saturated heterocycles. The van der Waals surface area contributed by atoms with E-state index in [1.54, 1.807) is 13.8 Å². The lowest BCUT2D eigenvalue weighted by Gasteiger charge is -2.18. The van der Waals surface area contributed by atoms with Crippen molar-refractivity contribution < 1.29 is 14.3 Å². The zero-order valence-corrected chi connectivity index (χ0v) is 15.6. The summed E-state index contributed by atoms with van der Waals surface area (Å²) in [7, 11) is 0. The van der Waals surface area contributed by atoms with Crippen molar-refractivity contribution in [3.05, 3.63) is 35.9 Å². The van der Waals surface area contributed by atoms with Crippen molar-refractivity contribution in [2.75, 3.05) is 17.7 Å². The van der Waals surface area contributed by atoms with Gasteiger partial charge < -0.3 is 15.8 Å². The third-order valence-corrected chi connectivity index (χ3v) is 5.34. The van der Waals surface area contributed by atoms with Gasteiger partial charge in [-0.3, -0.25) is 9.59 Å². The third kappa shape index (κ3) is 5.80. The van der Waals surface area contributed by atoms with Gasteiger partial charge in [0.05, 0.1) is 18.3 Å². The minimum atomic E-state index is -0.429. The molecular weight excluding hydrogens is 360 g/mol. The second kappa shape index (κ2) is 9.50. The fourth-order valence-corrected chi connectivity index (χ4v) is 3.54. The van der Waals surface area contributed by atoms with Gasteiger partial charge in [0.15, 0.2) is 4.34 Å². The van der Waals surface area contributed by atoms with E-state index in [1.807, 2.05) is 30.3 Å². The van der Waals surface area contributed by atoms with Crippen LogP contribution in [-0.2, 0) is 14.3 Å². The average molecular weight is 380 g/mol. The van der Waals surface area contributed by atoms with Crippen LogP contribution in [0.1, 0.15) is 25.5 Å². The monoisotopic (exact) mass is 380 g/mol. The van der Waals surface area contributed by atoms with E-state index in [2.05, 4.69) is 15.5 Å². The fraction of sp³-hybridized carbons (Fsp3) is 0.375. The van der Waals surface area contributed by atoms with Gasteiger partial charge in [-0.1, -0.05) is 60.4 Å². The molecule has 9 heteroatoms. The molecule has 0 fully saturated rings. The van der Waals surface area contributed by atoms with E-state index in [4.69, 9.17) is 10.5 Å². The smallest absolute Gasteiger partial charge is 0.316 e. The number of ether oxygens (including phenoxy) is 1. The SMILES string of the molecule is CCOC(=O)CSc1nnc(NC(=O)C(C)C(N)c2ccccc2)s1. The normalized spacial score (nSPS) is 13.1. The highest BCUT2D eigenvalue weighted by molar-refractivity contribution is 8.01. The van der Waals surface area contributed by atoms with Gasteiger partial charge in [0.1, 0.15) is 0 Å². The summed E-state index contributed by atoms with van der Waals surface area (Å²) < 4.78 is 5.43. The highest BCUT2D eigenvalue weighted by Crippen LogP contribution is 2.27. The summed E-state index contributed by atoms with van der Waals surface area (Å²) in [6, 6.07) is 9.05. The van der Waals surface area contributed by atoms with Crippen molar-refractivity contribution in [3.8, 4) is 0 Å². The summed E-state index contributed by atoms with van der Waals surface area (Å²) in [5.41, 5.74) is 7.06. The van der Waals surface area contributed by atoms with Crippen LogP contribution in [0.15, 0.2) is 34.7 Å². The van der Waals surface area contributed by atoms with E-state index in [-0.39, 0.29) is 17.6 Å². The molecule has 25 heavy (non-hydrogen) atoms. The summed E-state index contributed by atoms with van der Waals surface area (Å²) in [4.78, 5) is 23.7. The number of nitrogens with two attached hydrogens (primary N) is 1. The number of aromatic nitrogens is 2. The minimum absolute atomic E-state index is 0.158. The van der Waals surface area contributed by atoms with Crippen LogP contribution in [0.25, 0.3) is 0 Å². The molecule has 2 rings (SSSR count). The number of thioether (sulfide) groups is 1. The van der Waals surface area contributed by atoms with Gasteiger partial charge in [0.25, 0.3) is 0 Å². The number of esters is 1. The summed E-state index contributed by atoms with van der Waals surface area (Å²) in [6.07, 6.45) is 0. The molecule has 2 atom stereocenters. The lowest BCUT2D eigenvalue weighted by atomic mass is 9.95. The number of carbonyl (C=O) groups excluding carboxylic acids is 2. The van der Waals surface area contributed by atoms with Crippen LogP contribution < -0.4 is 11.1 Å². The summed E-state index contributed by atoms with van der Waals surface area (Å²) >= 11 is 2.43. The van der Waals surface area contributed by atoms with Gasteiger partial charge in [0, 0.05) is 6.04 Å². The number of carbonyl (C=O) groups is 2. The zero-order valence-electron chi connectivity index (χ0n) is 14.0. The molecule has 0 radical (unpaired) electrons. The van der Waals surface area contributed by atoms with E-state index in [0.717, 1.165) is 5.56 Å². The van der Waals surface area contributed by atoms with Crippen LogP contribution in [-0.4, -0.2) is 34.4 Å². The predicted molar refractivity (Wildman–Crippen MR) is 98.4 cm³/mol. The fourth-order valence-electron chi connectivity index (χ4n) is 1.99. The van der Waals surface area contributed by atoms with Gasteiger partial charge in [-0.15, -0.1) is 10.2 Å². The van der Waals surface area contributed by atoms with Crippen LogP contribution in [0.3, 0.4) is 0 Å². The van der Waals surface area contributed by atoms with Crippen molar-refractivity contribution in [2.45, 2.75) is 24.2 Å². The van der Waals surface area contributed by atoms with Gasteiger partial charge in [-0.2, -0.15) is 0 Å². The Morgan fingerprint density at radius 2 is 2.04 bits per heavy atom. The molecule has 1 aromatic heterocycles. The maximum atomic E-state index is 12.4. The van der Waals surface area contributed by atoms with Crippen molar-refractivity contribution in [1.29, 1.82) is 0 Å². The zero-order chi connectivity index (χ0) is 18.2. The summed E-state index contributed by atoms with van der Waals surface area (Å²) in [5.74, 6) is -0.807. The van der Waals surface area contributed by atoms with Crippen LogP contribution in [0.5, 0.6) is 0 Å². The van der Waals surface area contributed by atoms with Crippen LogP contribution >= 0.6 is 23.1 Å². The molecule has 2 aromatic rings.